The van der Waals surface area contributed by atoms with Gasteiger partial charge in [0.25, 0.3) is 10.0 Å². The van der Waals surface area contributed by atoms with Gasteiger partial charge in [-0.3, -0.25) is 4.72 Å². The van der Waals surface area contributed by atoms with Crippen LogP contribution in [0.15, 0.2) is 65.6 Å². The summed E-state index contributed by atoms with van der Waals surface area (Å²) < 4.78 is 28.2. The molecule has 0 atom stereocenters. The van der Waals surface area contributed by atoms with Crippen LogP contribution in [0.5, 0.6) is 0 Å². The molecule has 0 spiro atoms. The zero-order chi connectivity index (χ0) is 19.4. The Hall–Kier alpha value is -2.44. The number of hydrogen-bond acceptors (Lipinski definition) is 4. The molecule has 1 aromatic heterocycles. The maximum atomic E-state index is 12.9. The van der Waals surface area contributed by atoms with Gasteiger partial charge in [0.15, 0.2) is 11.0 Å². The van der Waals surface area contributed by atoms with Gasteiger partial charge in [0, 0.05) is 5.56 Å². The number of rotatable bonds is 6. The Bertz CT molecular complexity index is 1020. The van der Waals surface area contributed by atoms with E-state index in [2.05, 4.69) is 28.8 Å². The number of benzene rings is 2. The molecule has 3 aromatic rings. The summed E-state index contributed by atoms with van der Waals surface area (Å²) in [5, 5.41) is 7.61. The highest BCUT2D eigenvalue weighted by Gasteiger charge is 2.20. The molecule has 7 heteroatoms. The topological polar surface area (TPSA) is 72.0 Å². The van der Waals surface area contributed by atoms with E-state index in [0.29, 0.717) is 11.5 Å². The summed E-state index contributed by atoms with van der Waals surface area (Å²) in [6, 6.07) is 17.8. The van der Waals surface area contributed by atoms with Crippen LogP contribution in [-0.4, -0.2) is 18.6 Å². The third-order valence-corrected chi connectivity index (χ3v) is 5.57. The van der Waals surface area contributed by atoms with E-state index in [1.165, 1.54) is 17.7 Å². The molecule has 0 saturated heterocycles. The van der Waals surface area contributed by atoms with Gasteiger partial charge in [0.05, 0.1) is 4.90 Å². The summed E-state index contributed by atoms with van der Waals surface area (Å²) in [5.74, 6) is 0.676. The average Bonchev–Trinajstić information content (AvgIpc) is 2.64. The Kier molecular flexibility index (Phi) is 5.77. The molecule has 2 aromatic carbocycles. The number of sulfonamides is 1. The first kappa shape index (κ1) is 19.3. The smallest absolute Gasteiger partial charge is 0.262 e. The summed E-state index contributed by atoms with van der Waals surface area (Å²) >= 11 is 5.70. The summed E-state index contributed by atoms with van der Waals surface area (Å²) in [6.45, 7) is 4.34. The number of anilines is 1. The molecular weight excluding hydrogens is 382 g/mol. The van der Waals surface area contributed by atoms with Crippen molar-refractivity contribution in [2.24, 2.45) is 5.92 Å². The largest absolute Gasteiger partial charge is 0.263 e. The van der Waals surface area contributed by atoms with Crippen LogP contribution >= 0.6 is 11.6 Å². The first-order valence-corrected chi connectivity index (χ1v) is 10.4. The summed E-state index contributed by atoms with van der Waals surface area (Å²) in [5.41, 5.74) is 2.69. The van der Waals surface area contributed by atoms with Crippen LogP contribution < -0.4 is 4.72 Å². The van der Waals surface area contributed by atoms with Crippen molar-refractivity contribution in [1.82, 2.24) is 10.2 Å². The zero-order valence-corrected chi connectivity index (χ0v) is 16.6. The minimum absolute atomic E-state index is 0.112. The van der Waals surface area contributed by atoms with Crippen LogP contribution in [0.1, 0.15) is 19.4 Å². The van der Waals surface area contributed by atoms with Crippen molar-refractivity contribution in [1.29, 1.82) is 0 Å². The highest BCUT2D eigenvalue weighted by molar-refractivity contribution is 7.92. The molecule has 0 radical (unpaired) electrons. The fourth-order valence-corrected chi connectivity index (χ4v) is 4.12. The maximum absolute atomic E-state index is 12.9. The lowest BCUT2D eigenvalue weighted by atomic mass is 9.99. The minimum Gasteiger partial charge on any atom is -0.262 e. The molecule has 0 aliphatic heterocycles. The second-order valence-corrected chi connectivity index (χ2v) is 8.68. The van der Waals surface area contributed by atoms with Gasteiger partial charge in [-0.15, -0.1) is 10.2 Å². The molecular formula is C20H20ClN3O2S. The predicted molar refractivity (Wildman–Crippen MR) is 108 cm³/mol. The number of halogens is 1. The zero-order valence-electron chi connectivity index (χ0n) is 15.1. The molecule has 0 saturated carbocycles. The van der Waals surface area contributed by atoms with E-state index >= 15 is 0 Å². The molecule has 0 aliphatic rings. The quantitative estimate of drug-likeness (QED) is 0.644. The van der Waals surface area contributed by atoms with Gasteiger partial charge in [-0.25, -0.2) is 8.42 Å². The predicted octanol–water partition coefficient (Wildman–Crippen LogP) is 4.80. The Labute approximate surface area is 164 Å². The van der Waals surface area contributed by atoms with Crippen molar-refractivity contribution in [2.75, 3.05) is 4.72 Å². The van der Waals surface area contributed by atoms with Gasteiger partial charge >= 0.3 is 0 Å². The van der Waals surface area contributed by atoms with Crippen molar-refractivity contribution in [3.8, 4) is 11.1 Å². The normalized spacial score (nSPS) is 11.6. The lowest BCUT2D eigenvalue weighted by Crippen LogP contribution is -2.15. The third-order valence-electron chi connectivity index (χ3n) is 3.96. The highest BCUT2D eigenvalue weighted by Crippen LogP contribution is 2.29. The van der Waals surface area contributed by atoms with Crippen LogP contribution in [0.2, 0.25) is 5.15 Å². The van der Waals surface area contributed by atoms with Crippen LogP contribution in [0, 0.1) is 5.92 Å². The van der Waals surface area contributed by atoms with Gasteiger partial charge in [0.2, 0.25) is 0 Å². The average molecular weight is 402 g/mol. The first-order valence-electron chi connectivity index (χ1n) is 8.55. The van der Waals surface area contributed by atoms with Crippen molar-refractivity contribution in [3.63, 3.8) is 0 Å². The van der Waals surface area contributed by atoms with E-state index in [9.17, 15) is 8.42 Å². The summed E-state index contributed by atoms with van der Waals surface area (Å²) in [7, 11) is -3.83. The fraction of sp³-hybridized carbons (Fsp3) is 0.200. The van der Waals surface area contributed by atoms with E-state index in [0.717, 1.165) is 12.0 Å². The molecule has 0 bridgehead atoms. The molecule has 5 nitrogen and oxygen atoms in total. The Morgan fingerprint density at radius 3 is 2.30 bits per heavy atom. The number of nitrogens with zero attached hydrogens (tertiary/aromatic N) is 2. The second-order valence-electron chi connectivity index (χ2n) is 6.64. The van der Waals surface area contributed by atoms with Crippen LogP contribution in [0.25, 0.3) is 11.1 Å². The van der Waals surface area contributed by atoms with Gasteiger partial charge in [-0.2, -0.15) is 0 Å². The molecule has 27 heavy (non-hydrogen) atoms. The fourth-order valence-electron chi connectivity index (χ4n) is 2.79. The van der Waals surface area contributed by atoms with Gasteiger partial charge in [-0.05, 0) is 41.7 Å². The molecule has 0 amide bonds. The van der Waals surface area contributed by atoms with Crippen molar-refractivity contribution >= 4 is 27.4 Å². The van der Waals surface area contributed by atoms with Crippen molar-refractivity contribution in [2.45, 2.75) is 25.2 Å². The highest BCUT2D eigenvalue weighted by atomic mass is 35.5. The minimum atomic E-state index is -3.83. The number of hydrogen-bond donors (Lipinski definition) is 1. The Morgan fingerprint density at radius 2 is 1.67 bits per heavy atom. The lowest BCUT2D eigenvalue weighted by Gasteiger charge is -2.12. The molecule has 140 valence electrons. The van der Waals surface area contributed by atoms with E-state index < -0.39 is 10.0 Å². The van der Waals surface area contributed by atoms with Gasteiger partial charge in [-0.1, -0.05) is 67.9 Å². The van der Waals surface area contributed by atoms with E-state index in [1.807, 2.05) is 30.3 Å². The van der Waals surface area contributed by atoms with Gasteiger partial charge < -0.3 is 0 Å². The molecule has 0 unspecified atom stereocenters. The van der Waals surface area contributed by atoms with Crippen LogP contribution in [0.4, 0.5) is 5.82 Å². The van der Waals surface area contributed by atoms with E-state index in [1.54, 1.807) is 18.2 Å². The van der Waals surface area contributed by atoms with Crippen LogP contribution in [0.3, 0.4) is 0 Å². The molecule has 1 N–H and O–H groups in total. The van der Waals surface area contributed by atoms with E-state index in [4.69, 9.17) is 11.6 Å². The van der Waals surface area contributed by atoms with Crippen LogP contribution in [-0.2, 0) is 16.4 Å². The maximum Gasteiger partial charge on any atom is 0.263 e. The monoisotopic (exact) mass is 401 g/mol. The number of aromatic nitrogens is 2. The van der Waals surface area contributed by atoms with E-state index in [-0.39, 0.29) is 15.9 Å². The summed E-state index contributed by atoms with van der Waals surface area (Å²) in [4.78, 5) is 0.179. The molecule has 0 aliphatic carbocycles. The standard InChI is InChI=1S/C20H20ClN3O2S/c1-14(2)13-15-7-9-16(10-8-15)17-5-3-4-6-18(17)27(25,26)24-20-12-11-19(21)22-23-20/h3-12,14H,13H2,1-2H3,(H,23,24). The number of nitrogens with one attached hydrogen (secondary N) is 1. The SMILES string of the molecule is CC(C)Cc1ccc(-c2ccccc2S(=O)(=O)Nc2ccc(Cl)nn2)cc1. The molecule has 3 rings (SSSR count). The second kappa shape index (κ2) is 8.06. The molecule has 1 heterocycles. The summed E-state index contributed by atoms with van der Waals surface area (Å²) in [6.07, 6.45) is 0.983. The lowest BCUT2D eigenvalue weighted by molar-refractivity contribution is 0.601. The molecule has 0 fully saturated rings. The van der Waals surface area contributed by atoms with Crippen molar-refractivity contribution < 1.29 is 8.42 Å². The van der Waals surface area contributed by atoms with Gasteiger partial charge in [0.1, 0.15) is 0 Å². The Balaban J connectivity index is 1.94. The first-order chi connectivity index (χ1) is 12.8. The van der Waals surface area contributed by atoms with Crippen molar-refractivity contribution in [3.05, 3.63) is 71.4 Å². The third kappa shape index (κ3) is 4.84. The Morgan fingerprint density at radius 1 is 0.963 bits per heavy atom.